The van der Waals surface area contributed by atoms with Crippen LogP contribution < -0.4 is 0 Å². The molecule has 2 nitrogen and oxygen atoms in total. The summed E-state index contributed by atoms with van der Waals surface area (Å²) in [6.45, 7) is 0. The SMILES string of the molecule is N#Cc1ccc(-c2c(F)c(F)c(F)c(-c3ccc(C#N)cc3)c2F)cc1. The average molecular weight is 352 g/mol. The summed E-state index contributed by atoms with van der Waals surface area (Å²) >= 11 is 0. The van der Waals surface area contributed by atoms with E-state index in [9.17, 15) is 17.6 Å². The van der Waals surface area contributed by atoms with Crippen molar-refractivity contribution in [2.45, 2.75) is 0 Å². The molecule has 0 bridgehead atoms. The predicted molar refractivity (Wildman–Crippen MR) is 86.6 cm³/mol. The van der Waals surface area contributed by atoms with Gasteiger partial charge in [0.15, 0.2) is 17.5 Å². The minimum Gasteiger partial charge on any atom is -0.205 e. The number of halogens is 4. The molecule has 0 N–H and O–H groups in total. The Kier molecular flexibility index (Phi) is 4.43. The molecular formula is C20H8F4N2. The lowest BCUT2D eigenvalue weighted by molar-refractivity contribution is 0.440. The second kappa shape index (κ2) is 6.70. The second-order valence-corrected chi connectivity index (χ2v) is 5.38. The molecule has 0 spiro atoms. The van der Waals surface area contributed by atoms with E-state index in [1.54, 1.807) is 0 Å². The third-order valence-electron chi connectivity index (χ3n) is 3.87. The highest BCUT2D eigenvalue weighted by molar-refractivity contribution is 5.76. The Bertz CT molecular complexity index is 989. The summed E-state index contributed by atoms with van der Waals surface area (Å²) in [5, 5.41) is 17.6. The average Bonchev–Trinajstić information content (AvgIpc) is 2.67. The van der Waals surface area contributed by atoms with Gasteiger partial charge in [-0.25, -0.2) is 17.6 Å². The Morgan fingerprint density at radius 2 is 0.846 bits per heavy atom. The van der Waals surface area contributed by atoms with E-state index in [0.717, 1.165) is 0 Å². The van der Waals surface area contributed by atoms with Gasteiger partial charge in [-0.2, -0.15) is 10.5 Å². The first-order chi connectivity index (χ1) is 12.5. The van der Waals surface area contributed by atoms with Gasteiger partial charge in [0.2, 0.25) is 0 Å². The van der Waals surface area contributed by atoms with Crippen LogP contribution in [0.5, 0.6) is 0 Å². The van der Waals surface area contributed by atoms with Gasteiger partial charge >= 0.3 is 0 Å². The molecular weight excluding hydrogens is 344 g/mol. The van der Waals surface area contributed by atoms with Crippen molar-refractivity contribution in [2.75, 3.05) is 0 Å². The van der Waals surface area contributed by atoms with E-state index in [-0.39, 0.29) is 22.3 Å². The molecule has 0 saturated heterocycles. The normalized spacial score (nSPS) is 10.2. The van der Waals surface area contributed by atoms with Crippen molar-refractivity contribution in [3.8, 4) is 34.4 Å². The first-order valence-corrected chi connectivity index (χ1v) is 7.35. The summed E-state index contributed by atoms with van der Waals surface area (Å²) in [6, 6.07) is 14.0. The number of hydrogen-bond acceptors (Lipinski definition) is 2. The lowest BCUT2D eigenvalue weighted by Gasteiger charge is -2.13. The van der Waals surface area contributed by atoms with E-state index < -0.39 is 34.4 Å². The van der Waals surface area contributed by atoms with Crippen LogP contribution >= 0.6 is 0 Å². The summed E-state index contributed by atoms with van der Waals surface area (Å²) in [5.74, 6) is -6.37. The standard InChI is InChI=1S/C20H8F4N2/c21-17-15(13-5-1-11(9-25)2-6-13)18(22)20(24)19(23)16(17)14-7-3-12(10-26)4-8-14/h1-8H. The summed E-state index contributed by atoms with van der Waals surface area (Å²) in [7, 11) is 0. The molecule has 0 unspecified atom stereocenters. The topological polar surface area (TPSA) is 47.6 Å². The van der Waals surface area contributed by atoms with Gasteiger partial charge in [0.25, 0.3) is 0 Å². The maximum absolute atomic E-state index is 14.9. The maximum Gasteiger partial charge on any atom is 0.195 e. The van der Waals surface area contributed by atoms with E-state index in [4.69, 9.17) is 10.5 Å². The van der Waals surface area contributed by atoms with Gasteiger partial charge in [0.1, 0.15) is 5.82 Å². The van der Waals surface area contributed by atoms with Crippen LogP contribution in [0.2, 0.25) is 0 Å². The van der Waals surface area contributed by atoms with Crippen LogP contribution in [-0.4, -0.2) is 0 Å². The minimum absolute atomic E-state index is 0.0344. The van der Waals surface area contributed by atoms with Crippen LogP contribution in [0.3, 0.4) is 0 Å². The smallest absolute Gasteiger partial charge is 0.195 e. The highest BCUT2D eigenvalue weighted by Gasteiger charge is 2.27. The van der Waals surface area contributed by atoms with Crippen LogP contribution in [0, 0.1) is 45.9 Å². The van der Waals surface area contributed by atoms with Crippen LogP contribution in [0.25, 0.3) is 22.3 Å². The molecule has 0 amide bonds. The third kappa shape index (κ3) is 2.78. The van der Waals surface area contributed by atoms with Crippen molar-refractivity contribution >= 4 is 0 Å². The Labute approximate surface area is 146 Å². The zero-order valence-corrected chi connectivity index (χ0v) is 13.0. The highest BCUT2D eigenvalue weighted by Crippen LogP contribution is 2.37. The fourth-order valence-electron chi connectivity index (χ4n) is 2.56. The number of hydrogen-bond donors (Lipinski definition) is 0. The predicted octanol–water partition coefficient (Wildman–Crippen LogP) is 5.32. The van der Waals surface area contributed by atoms with Crippen molar-refractivity contribution in [1.29, 1.82) is 10.5 Å². The van der Waals surface area contributed by atoms with E-state index in [2.05, 4.69) is 0 Å². The van der Waals surface area contributed by atoms with Crippen LogP contribution in [-0.2, 0) is 0 Å². The molecule has 3 rings (SSSR count). The van der Waals surface area contributed by atoms with Gasteiger partial charge in [0.05, 0.1) is 34.4 Å². The largest absolute Gasteiger partial charge is 0.205 e. The fraction of sp³-hybridized carbons (Fsp3) is 0. The van der Waals surface area contributed by atoms with Gasteiger partial charge in [-0.1, -0.05) is 24.3 Å². The molecule has 0 heterocycles. The van der Waals surface area contributed by atoms with Gasteiger partial charge in [0, 0.05) is 0 Å². The molecule has 0 radical (unpaired) electrons. The number of nitriles is 2. The van der Waals surface area contributed by atoms with Crippen LogP contribution in [0.4, 0.5) is 17.6 Å². The van der Waals surface area contributed by atoms with Crippen molar-refractivity contribution in [3.63, 3.8) is 0 Å². The summed E-state index contributed by atoms with van der Waals surface area (Å²) < 4.78 is 57.5. The zero-order valence-electron chi connectivity index (χ0n) is 13.0. The van der Waals surface area contributed by atoms with Gasteiger partial charge in [-0.3, -0.25) is 0 Å². The Hall–Kier alpha value is -3.64. The molecule has 0 aliphatic rings. The van der Waals surface area contributed by atoms with Crippen molar-refractivity contribution in [2.24, 2.45) is 0 Å². The minimum atomic E-state index is -1.80. The van der Waals surface area contributed by atoms with Gasteiger partial charge in [-0.05, 0) is 35.4 Å². The lowest BCUT2D eigenvalue weighted by Crippen LogP contribution is -2.03. The first kappa shape index (κ1) is 17.2. The molecule has 126 valence electrons. The first-order valence-electron chi connectivity index (χ1n) is 7.35. The summed E-state index contributed by atoms with van der Waals surface area (Å²) in [6.07, 6.45) is 0. The molecule has 3 aromatic carbocycles. The summed E-state index contributed by atoms with van der Waals surface area (Å²) in [5.41, 5.74) is -1.02. The molecule has 3 aromatic rings. The van der Waals surface area contributed by atoms with Crippen LogP contribution in [0.1, 0.15) is 11.1 Å². The second-order valence-electron chi connectivity index (χ2n) is 5.38. The van der Waals surface area contributed by atoms with Gasteiger partial charge < -0.3 is 0 Å². The maximum atomic E-state index is 14.9. The van der Waals surface area contributed by atoms with E-state index in [1.165, 1.54) is 48.5 Å². The third-order valence-corrected chi connectivity index (χ3v) is 3.87. The monoisotopic (exact) mass is 352 g/mol. The number of benzene rings is 3. The summed E-state index contributed by atoms with van der Waals surface area (Å²) in [4.78, 5) is 0. The zero-order chi connectivity index (χ0) is 18.8. The lowest BCUT2D eigenvalue weighted by atomic mass is 9.95. The van der Waals surface area contributed by atoms with Crippen molar-refractivity contribution < 1.29 is 17.6 Å². The molecule has 26 heavy (non-hydrogen) atoms. The Morgan fingerprint density at radius 3 is 1.15 bits per heavy atom. The molecule has 0 atom stereocenters. The van der Waals surface area contributed by atoms with Crippen LogP contribution in [0.15, 0.2) is 48.5 Å². The van der Waals surface area contributed by atoms with E-state index in [0.29, 0.717) is 0 Å². The Balaban J connectivity index is 2.27. The molecule has 6 heteroatoms. The quantitative estimate of drug-likeness (QED) is 0.356. The highest BCUT2D eigenvalue weighted by atomic mass is 19.2. The van der Waals surface area contributed by atoms with Crippen molar-refractivity contribution in [1.82, 2.24) is 0 Å². The fourth-order valence-corrected chi connectivity index (χ4v) is 2.56. The van der Waals surface area contributed by atoms with Gasteiger partial charge in [-0.15, -0.1) is 0 Å². The molecule has 0 aromatic heterocycles. The molecule has 0 aliphatic heterocycles. The van der Waals surface area contributed by atoms with E-state index in [1.807, 2.05) is 12.1 Å². The van der Waals surface area contributed by atoms with E-state index >= 15 is 0 Å². The number of rotatable bonds is 2. The Morgan fingerprint density at radius 1 is 0.500 bits per heavy atom. The number of nitrogens with zero attached hydrogens (tertiary/aromatic N) is 2. The molecule has 0 fully saturated rings. The molecule has 0 aliphatic carbocycles. The van der Waals surface area contributed by atoms with Crippen molar-refractivity contribution in [3.05, 3.63) is 82.9 Å². The molecule has 0 saturated carbocycles.